The van der Waals surface area contributed by atoms with E-state index in [0.29, 0.717) is 23.6 Å². The highest BCUT2D eigenvalue weighted by Crippen LogP contribution is 2.41. The molecule has 0 spiro atoms. The number of nitrogens with zero attached hydrogens (tertiary/aromatic N) is 2. The maximum Gasteiger partial charge on any atom is 0.250 e. The highest BCUT2D eigenvalue weighted by molar-refractivity contribution is 7.99. The van der Waals surface area contributed by atoms with Crippen LogP contribution in [0.4, 0.5) is 0 Å². The number of amides is 1. The molecule has 0 saturated carbocycles. The third-order valence-electron chi connectivity index (χ3n) is 4.96. The summed E-state index contributed by atoms with van der Waals surface area (Å²) in [4.78, 5) is 17.4. The summed E-state index contributed by atoms with van der Waals surface area (Å²) < 4.78 is 13.0. The molecule has 2 aromatic heterocycles. The van der Waals surface area contributed by atoms with E-state index in [1.807, 2.05) is 37.3 Å². The molecule has 158 valence electrons. The SMILES string of the molecule is COc1cc(OC)cc(Sc2c(C(C)C)c(C(N)=O)c(C)n2Cc2ccncc2)c1. The second kappa shape index (κ2) is 9.26. The number of nitrogens with two attached hydrogens (primary N) is 1. The predicted octanol–water partition coefficient (Wildman–Crippen LogP) is 4.63. The topological polar surface area (TPSA) is 79.4 Å². The molecule has 3 aromatic rings. The van der Waals surface area contributed by atoms with Crippen molar-refractivity contribution >= 4 is 17.7 Å². The van der Waals surface area contributed by atoms with Crippen molar-refractivity contribution in [3.05, 3.63) is 65.1 Å². The number of benzene rings is 1. The van der Waals surface area contributed by atoms with Gasteiger partial charge in [-0.25, -0.2) is 0 Å². The van der Waals surface area contributed by atoms with E-state index >= 15 is 0 Å². The van der Waals surface area contributed by atoms with Gasteiger partial charge in [-0.15, -0.1) is 0 Å². The Kier molecular flexibility index (Phi) is 6.72. The zero-order valence-corrected chi connectivity index (χ0v) is 18.7. The lowest BCUT2D eigenvalue weighted by Gasteiger charge is -2.15. The molecule has 0 fully saturated rings. The number of carbonyl (C=O) groups excluding carboxylic acids is 1. The Morgan fingerprint density at radius 1 is 1.13 bits per heavy atom. The Morgan fingerprint density at radius 2 is 1.73 bits per heavy atom. The van der Waals surface area contributed by atoms with Crippen LogP contribution in [-0.2, 0) is 6.54 Å². The van der Waals surface area contributed by atoms with Gasteiger partial charge in [-0.3, -0.25) is 9.78 Å². The molecule has 0 aliphatic heterocycles. The molecule has 0 saturated heterocycles. The van der Waals surface area contributed by atoms with Gasteiger partial charge in [0.15, 0.2) is 0 Å². The number of hydrogen-bond donors (Lipinski definition) is 1. The summed E-state index contributed by atoms with van der Waals surface area (Å²) in [6, 6.07) is 9.70. The normalized spacial score (nSPS) is 11.0. The smallest absolute Gasteiger partial charge is 0.250 e. The Balaban J connectivity index is 2.18. The number of carbonyl (C=O) groups is 1. The average molecular weight is 426 g/mol. The molecule has 1 aromatic carbocycles. The zero-order valence-electron chi connectivity index (χ0n) is 17.9. The first-order chi connectivity index (χ1) is 14.3. The van der Waals surface area contributed by atoms with E-state index in [2.05, 4.69) is 23.4 Å². The number of hydrogen-bond acceptors (Lipinski definition) is 5. The molecule has 30 heavy (non-hydrogen) atoms. The summed E-state index contributed by atoms with van der Waals surface area (Å²) in [6.07, 6.45) is 3.54. The summed E-state index contributed by atoms with van der Waals surface area (Å²) in [5.41, 5.74) is 9.31. The van der Waals surface area contributed by atoms with E-state index in [0.717, 1.165) is 26.7 Å². The van der Waals surface area contributed by atoms with Gasteiger partial charge in [-0.1, -0.05) is 25.6 Å². The molecule has 2 N–H and O–H groups in total. The summed E-state index contributed by atoms with van der Waals surface area (Å²) in [6.45, 7) is 6.72. The molecule has 2 heterocycles. The predicted molar refractivity (Wildman–Crippen MR) is 119 cm³/mol. The minimum atomic E-state index is -0.408. The number of ether oxygens (including phenoxy) is 2. The minimum Gasteiger partial charge on any atom is -0.497 e. The van der Waals surface area contributed by atoms with E-state index in [1.165, 1.54) is 0 Å². The van der Waals surface area contributed by atoms with Crippen LogP contribution in [0.1, 0.15) is 46.9 Å². The molecule has 6 nitrogen and oxygen atoms in total. The number of methoxy groups -OCH3 is 2. The van der Waals surface area contributed by atoms with Crippen LogP contribution < -0.4 is 15.2 Å². The van der Waals surface area contributed by atoms with Gasteiger partial charge in [0, 0.05) is 35.6 Å². The van der Waals surface area contributed by atoms with Crippen LogP contribution in [0.5, 0.6) is 11.5 Å². The van der Waals surface area contributed by atoms with Crippen LogP contribution in [0.15, 0.2) is 52.6 Å². The van der Waals surface area contributed by atoms with Crippen molar-refractivity contribution in [1.82, 2.24) is 9.55 Å². The first kappa shape index (κ1) is 21.8. The average Bonchev–Trinajstić information content (AvgIpc) is 3.00. The number of pyridine rings is 1. The first-order valence-corrected chi connectivity index (χ1v) is 10.5. The van der Waals surface area contributed by atoms with Gasteiger partial charge >= 0.3 is 0 Å². The molecule has 0 radical (unpaired) electrons. The summed E-state index contributed by atoms with van der Waals surface area (Å²) >= 11 is 1.58. The van der Waals surface area contributed by atoms with Gasteiger partial charge < -0.3 is 19.8 Å². The van der Waals surface area contributed by atoms with Crippen LogP contribution in [0.25, 0.3) is 0 Å². The number of aromatic nitrogens is 2. The van der Waals surface area contributed by atoms with E-state index in [9.17, 15) is 4.79 Å². The fourth-order valence-electron chi connectivity index (χ4n) is 3.50. The third kappa shape index (κ3) is 4.46. The second-order valence-electron chi connectivity index (χ2n) is 7.29. The van der Waals surface area contributed by atoms with Crippen molar-refractivity contribution in [2.45, 2.75) is 43.2 Å². The van der Waals surface area contributed by atoms with Gasteiger partial charge in [0.2, 0.25) is 0 Å². The highest BCUT2D eigenvalue weighted by atomic mass is 32.2. The van der Waals surface area contributed by atoms with Crippen LogP contribution in [0.2, 0.25) is 0 Å². The number of primary amides is 1. The zero-order chi connectivity index (χ0) is 21.8. The third-order valence-corrected chi connectivity index (χ3v) is 6.07. The van der Waals surface area contributed by atoms with E-state index < -0.39 is 5.91 Å². The molecule has 0 atom stereocenters. The van der Waals surface area contributed by atoms with Crippen molar-refractivity contribution in [2.75, 3.05) is 14.2 Å². The van der Waals surface area contributed by atoms with Crippen LogP contribution in [0, 0.1) is 6.92 Å². The van der Waals surface area contributed by atoms with Gasteiger partial charge in [0.1, 0.15) is 11.5 Å². The second-order valence-corrected chi connectivity index (χ2v) is 8.35. The Labute approximate surface area is 181 Å². The molecule has 0 aliphatic rings. The van der Waals surface area contributed by atoms with E-state index in [1.54, 1.807) is 38.4 Å². The van der Waals surface area contributed by atoms with Crippen molar-refractivity contribution in [2.24, 2.45) is 5.73 Å². The van der Waals surface area contributed by atoms with Gasteiger partial charge in [0.05, 0.1) is 24.8 Å². The minimum absolute atomic E-state index is 0.125. The number of rotatable bonds is 8. The lowest BCUT2D eigenvalue weighted by atomic mass is 10.0. The van der Waals surface area contributed by atoms with Gasteiger partial charge in [-0.2, -0.15) is 0 Å². The molecule has 0 aliphatic carbocycles. The van der Waals surface area contributed by atoms with Crippen LogP contribution in [-0.4, -0.2) is 29.7 Å². The standard InChI is InChI=1S/C23H27N3O3S/c1-14(2)20-21(22(24)27)15(3)26(13-16-6-8-25-9-7-16)23(20)30-19-11-17(28-4)10-18(12-19)29-5/h6-12,14H,13H2,1-5H3,(H2,24,27). The van der Waals surface area contributed by atoms with Crippen molar-refractivity contribution in [1.29, 1.82) is 0 Å². The van der Waals surface area contributed by atoms with Crippen LogP contribution in [0.3, 0.4) is 0 Å². The molecule has 0 bridgehead atoms. The molecule has 7 heteroatoms. The molecular formula is C23H27N3O3S. The highest BCUT2D eigenvalue weighted by Gasteiger charge is 2.26. The molecule has 3 rings (SSSR count). The molecule has 1 amide bonds. The summed E-state index contributed by atoms with van der Waals surface area (Å²) in [7, 11) is 3.26. The lowest BCUT2D eigenvalue weighted by Crippen LogP contribution is -2.14. The van der Waals surface area contributed by atoms with Crippen LogP contribution >= 0.6 is 11.8 Å². The van der Waals surface area contributed by atoms with Gasteiger partial charge in [0.25, 0.3) is 5.91 Å². The first-order valence-electron chi connectivity index (χ1n) is 9.68. The fraction of sp³-hybridized carbons (Fsp3) is 0.304. The Morgan fingerprint density at radius 3 is 2.23 bits per heavy atom. The Hall–Kier alpha value is -2.93. The quantitative estimate of drug-likeness (QED) is 0.569. The van der Waals surface area contributed by atoms with Crippen molar-refractivity contribution < 1.29 is 14.3 Å². The van der Waals surface area contributed by atoms with Gasteiger partial charge in [-0.05, 0) is 48.2 Å². The fourth-order valence-corrected chi connectivity index (χ4v) is 4.84. The monoisotopic (exact) mass is 425 g/mol. The molecular weight excluding hydrogens is 398 g/mol. The molecule has 0 unspecified atom stereocenters. The van der Waals surface area contributed by atoms with Crippen molar-refractivity contribution in [3.8, 4) is 11.5 Å². The van der Waals surface area contributed by atoms with E-state index in [4.69, 9.17) is 15.2 Å². The lowest BCUT2D eigenvalue weighted by molar-refractivity contribution is 0.0998. The summed E-state index contributed by atoms with van der Waals surface area (Å²) in [5, 5.41) is 0.989. The Bertz CT molecular complexity index is 1020. The van der Waals surface area contributed by atoms with Crippen molar-refractivity contribution in [3.63, 3.8) is 0 Å². The maximum absolute atomic E-state index is 12.4. The largest absolute Gasteiger partial charge is 0.497 e. The maximum atomic E-state index is 12.4. The summed E-state index contributed by atoms with van der Waals surface area (Å²) in [5.74, 6) is 1.14. The van der Waals surface area contributed by atoms with E-state index in [-0.39, 0.29) is 5.92 Å².